The molecule has 1 aromatic carbocycles. The molecule has 0 amide bonds. The molecule has 0 aromatic heterocycles. The Hall–Kier alpha value is -0.670. The van der Waals surface area contributed by atoms with Crippen LogP contribution in [0.5, 0.6) is 0 Å². The molecule has 0 saturated carbocycles. The molecule has 0 radical (unpaired) electrons. The Kier molecular flexibility index (Phi) is 4.00. The van der Waals surface area contributed by atoms with E-state index in [1.165, 1.54) is 0 Å². The lowest BCUT2D eigenvalue weighted by atomic mass is 10.2. The maximum atomic E-state index is 12.1. The zero-order valence-electron chi connectivity index (χ0n) is 10.2. The Labute approximate surface area is 102 Å². The summed E-state index contributed by atoms with van der Waals surface area (Å²) >= 11 is 0. The van der Waals surface area contributed by atoms with Crippen molar-refractivity contribution in [2.45, 2.75) is 20.1 Å². The van der Waals surface area contributed by atoms with Gasteiger partial charge in [0.1, 0.15) is 6.29 Å². The standard InChI is InChI=1S/C12H18NO3P/c1-3-13(4-2)10-17(14)15-12(16-17)11-8-6-5-7-9-11/h5-9,12H,3-4,10H2,1-2H3. The summed E-state index contributed by atoms with van der Waals surface area (Å²) in [5.74, 6) is 0. The lowest BCUT2D eigenvalue weighted by Crippen LogP contribution is -2.30. The second-order valence-corrected chi connectivity index (χ2v) is 5.94. The van der Waals surface area contributed by atoms with Crippen molar-refractivity contribution in [2.24, 2.45) is 0 Å². The second kappa shape index (κ2) is 5.32. The van der Waals surface area contributed by atoms with Gasteiger partial charge in [-0.1, -0.05) is 44.2 Å². The zero-order chi connectivity index (χ0) is 12.3. The fourth-order valence-corrected chi connectivity index (χ4v) is 3.63. The first-order valence-corrected chi connectivity index (χ1v) is 7.63. The van der Waals surface area contributed by atoms with E-state index in [0.29, 0.717) is 6.29 Å². The van der Waals surface area contributed by atoms with Gasteiger partial charge in [0.15, 0.2) is 0 Å². The van der Waals surface area contributed by atoms with Crippen LogP contribution in [-0.2, 0) is 13.6 Å². The van der Waals surface area contributed by atoms with Gasteiger partial charge < -0.3 is 0 Å². The SMILES string of the molecule is CCN(CC)CP1(=O)OC(c2ccccc2)O1. The molecule has 1 aromatic rings. The van der Waals surface area contributed by atoms with Gasteiger partial charge in [-0.2, -0.15) is 0 Å². The van der Waals surface area contributed by atoms with Crippen LogP contribution in [-0.4, -0.2) is 24.3 Å². The van der Waals surface area contributed by atoms with Crippen LogP contribution in [0.4, 0.5) is 0 Å². The quantitative estimate of drug-likeness (QED) is 0.757. The van der Waals surface area contributed by atoms with Gasteiger partial charge in [-0.3, -0.25) is 18.5 Å². The van der Waals surface area contributed by atoms with Crippen molar-refractivity contribution in [3.05, 3.63) is 35.9 Å². The fraction of sp³-hybridized carbons (Fsp3) is 0.500. The van der Waals surface area contributed by atoms with E-state index in [9.17, 15) is 4.57 Å². The summed E-state index contributed by atoms with van der Waals surface area (Å²) in [4.78, 5) is 2.04. The van der Waals surface area contributed by atoms with E-state index in [-0.39, 0.29) is 0 Å². The summed E-state index contributed by atoms with van der Waals surface area (Å²) in [6.07, 6.45) is -0.0823. The molecule has 0 aliphatic carbocycles. The van der Waals surface area contributed by atoms with Crippen LogP contribution in [0.1, 0.15) is 25.7 Å². The largest absolute Gasteiger partial charge is 0.349 e. The predicted octanol–water partition coefficient (Wildman–Crippen LogP) is 3.22. The van der Waals surface area contributed by atoms with Crippen LogP contribution in [0.2, 0.25) is 0 Å². The van der Waals surface area contributed by atoms with Crippen molar-refractivity contribution >= 4 is 7.60 Å². The molecule has 1 aliphatic rings. The highest BCUT2D eigenvalue weighted by Gasteiger charge is 2.44. The van der Waals surface area contributed by atoms with Crippen LogP contribution in [0.3, 0.4) is 0 Å². The highest BCUT2D eigenvalue weighted by molar-refractivity contribution is 7.54. The monoisotopic (exact) mass is 255 g/mol. The summed E-state index contributed by atoms with van der Waals surface area (Å²) in [5, 5.41) is 0. The average molecular weight is 255 g/mol. The first-order chi connectivity index (χ1) is 8.17. The van der Waals surface area contributed by atoms with Crippen molar-refractivity contribution < 1.29 is 13.6 Å². The summed E-state index contributed by atoms with van der Waals surface area (Å²) in [6.45, 7) is 5.76. The van der Waals surface area contributed by atoms with Gasteiger partial charge in [-0.05, 0) is 13.1 Å². The maximum absolute atomic E-state index is 12.1. The fourth-order valence-electron chi connectivity index (χ4n) is 1.77. The molecule has 94 valence electrons. The molecule has 4 nitrogen and oxygen atoms in total. The highest BCUT2D eigenvalue weighted by Crippen LogP contribution is 2.64. The van der Waals surface area contributed by atoms with Crippen molar-refractivity contribution in [1.82, 2.24) is 4.90 Å². The molecule has 0 unspecified atom stereocenters. The van der Waals surface area contributed by atoms with Crippen LogP contribution in [0.15, 0.2) is 30.3 Å². The van der Waals surface area contributed by atoms with Gasteiger partial charge in [0.2, 0.25) is 6.29 Å². The normalized spacial score (nSPS) is 28.1. The van der Waals surface area contributed by atoms with Crippen LogP contribution in [0.25, 0.3) is 0 Å². The van der Waals surface area contributed by atoms with E-state index < -0.39 is 13.9 Å². The molecular weight excluding hydrogens is 237 g/mol. The molecule has 1 aliphatic heterocycles. The molecule has 1 saturated heterocycles. The Morgan fingerprint density at radius 1 is 1.18 bits per heavy atom. The van der Waals surface area contributed by atoms with Crippen molar-refractivity contribution in [3.8, 4) is 0 Å². The Balaban J connectivity index is 1.91. The Morgan fingerprint density at radius 3 is 2.29 bits per heavy atom. The number of benzene rings is 1. The van der Waals surface area contributed by atoms with E-state index in [2.05, 4.69) is 0 Å². The second-order valence-electron chi connectivity index (χ2n) is 4.01. The van der Waals surface area contributed by atoms with Gasteiger partial charge in [0.25, 0.3) is 0 Å². The Morgan fingerprint density at radius 2 is 1.76 bits per heavy atom. The summed E-state index contributed by atoms with van der Waals surface area (Å²) < 4.78 is 23.0. The molecule has 0 spiro atoms. The van der Waals surface area contributed by atoms with Crippen molar-refractivity contribution in [3.63, 3.8) is 0 Å². The number of hydrogen-bond donors (Lipinski definition) is 0. The molecule has 17 heavy (non-hydrogen) atoms. The first kappa shape index (κ1) is 12.8. The van der Waals surface area contributed by atoms with E-state index in [0.717, 1.165) is 18.7 Å². The van der Waals surface area contributed by atoms with Crippen molar-refractivity contribution in [2.75, 3.05) is 19.4 Å². The molecule has 5 heteroatoms. The third-order valence-corrected chi connectivity index (χ3v) is 4.62. The van der Waals surface area contributed by atoms with E-state index in [1.807, 2.05) is 49.1 Å². The predicted molar refractivity (Wildman–Crippen MR) is 66.7 cm³/mol. The van der Waals surface area contributed by atoms with E-state index >= 15 is 0 Å². The van der Waals surface area contributed by atoms with E-state index in [1.54, 1.807) is 0 Å². The third kappa shape index (κ3) is 2.96. The molecule has 1 fully saturated rings. The molecule has 0 bridgehead atoms. The molecule has 0 N–H and O–H groups in total. The molecule has 1 heterocycles. The maximum Gasteiger partial charge on any atom is 0.349 e. The summed E-state index contributed by atoms with van der Waals surface area (Å²) in [5.41, 5.74) is 0.915. The molecule has 0 atom stereocenters. The van der Waals surface area contributed by atoms with Crippen LogP contribution < -0.4 is 0 Å². The smallest absolute Gasteiger partial charge is 0.293 e. The minimum Gasteiger partial charge on any atom is -0.293 e. The van der Waals surface area contributed by atoms with Gasteiger partial charge in [0.05, 0.1) is 0 Å². The highest BCUT2D eigenvalue weighted by atomic mass is 31.2. The van der Waals surface area contributed by atoms with E-state index in [4.69, 9.17) is 9.05 Å². The number of hydrogen-bond acceptors (Lipinski definition) is 4. The lowest BCUT2D eigenvalue weighted by molar-refractivity contribution is -0.0982. The minimum absolute atomic E-state index is 0.378. The topological polar surface area (TPSA) is 38.8 Å². The Bertz CT molecular complexity index is 395. The van der Waals surface area contributed by atoms with Crippen molar-refractivity contribution in [1.29, 1.82) is 0 Å². The number of nitrogens with zero attached hydrogens (tertiary/aromatic N) is 1. The van der Waals surface area contributed by atoms with Crippen LogP contribution in [0, 0.1) is 0 Å². The van der Waals surface area contributed by atoms with Gasteiger partial charge in [0, 0.05) is 5.56 Å². The zero-order valence-corrected chi connectivity index (χ0v) is 11.1. The average Bonchev–Trinajstić information content (AvgIpc) is 2.34. The minimum atomic E-state index is -2.88. The lowest BCUT2D eigenvalue weighted by Gasteiger charge is -2.37. The van der Waals surface area contributed by atoms with Gasteiger partial charge in [-0.15, -0.1) is 0 Å². The first-order valence-electron chi connectivity index (χ1n) is 5.90. The van der Waals surface area contributed by atoms with Gasteiger partial charge in [-0.25, -0.2) is 0 Å². The molecular formula is C12H18NO3P. The summed E-state index contributed by atoms with van der Waals surface area (Å²) in [6, 6.07) is 9.57. The van der Waals surface area contributed by atoms with Crippen LogP contribution >= 0.6 is 7.60 Å². The third-order valence-electron chi connectivity index (χ3n) is 2.85. The van der Waals surface area contributed by atoms with Gasteiger partial charge >= 0.3 is 7.60 Å². The summed E-state index contributed by atoms with van der Waals surface area (Å²) in [7, 11) is -2.88. The number of rotatable bonds is 5. The molecule has 2 rings (SSSR count).